The molecule has 3 nitrogen and oxygen atoms in total. The maximum absolute atomic E-state index is 5.84. The molecule has 2 rings (SSSR count). The Morgan fingerprint density at radius 1 is 1.17 bits per heavy atom. The van der Waals surface area contributed by atoms with Gasteiger partial charge in [-0.2, -0.15) is 0 Å². The van der Waals surface area contributed by atoms with E-state index in [1.807, 2.05) is 38.1 Å². The lowest BCUT2D eigenvalue weighted by Crippen LogP contribution is -2.05. The number of aromatic nitrogens is 1. The Hall–Kier alpha value is -1.87. The molecule has 18 heavy (non-hydrogen) atoms. The van der Waals surface area contributed by atoms with Gasteiger partial charge in [0.2, 0.25) is 5.88 Å². The highest BCUT2D eigenvalue weighted by Crippen LogP contribution is 2.25. The molecule has 0 aliphatic heterocycles. The zero-order valence-corrected chi connectivity index (χ0v) is 11.0. The van der Waals surface area contributed by atoms with E-state index in [9.17, 15) is 0 Å². The van der Waals surface area contributed by atoms with Gasteiger partial charge in [-0.15, -0.1) is 0 Å². The van der Waals surface area contributed by atoms with Crippen LogP contribution in [-0.4, -0.2) is 4.98 Å². The van der Waals surface area contributed by atoms with Gasteiger partial charge in [0.05, 0.1) is 0 Å². The van der Waals surface area contributed by atoms with Gasteiger partial charge in [0.25, 0.3) is 0 Å². The summed E-state index contributed by atoms with van der Waals surface area (Å²) in [5, 5.41) is 0. The summed E-state index contributed by atoms with van der Waals surface area (Å²) in [7, 11) is 0. The smallest absolute Gasteiger partial charge is 0.219 e. The first-order valence-electron chi connectivity index (χ1n) is 6.03. The van der Waals surface area contributed by atoms with Crippen molar-refractivity contribution in [1.29, 1.82) is 0 Å². The lowest BCUT2D eigenvalue weighted by atomic mass is 10.1. The van der Waals surface area contributed by atoms with Crippen molar-refractivity contribution in [3.63, 3.8) is 0 Å². The summed E-state index contributed by atoms with van der Waals surface area (Å²) in [6.45, 7) is 6.03. The van der Waals surface area contributed by atoms with Gasteiger partial charge in [-0.05, 0) is 44.0 Å². The molecule has 0 radical (unpaired) electrons. The summed E-state index contributed by atoms with van der Waals surface area (Å²) < 4.78 is 5.79. The fourth-order valence-corrected chi connectivity index (χ4v) is 1.79. The molecule has 1 aromatic carbocycles. The molecule has 1 unspecified atom stereocenters. The van der Waals surface area contributed by atoms with Crippen LogP contribution in [0.2, 0.25) is 0 Å². The predicted octanol–water partition coefficient (Wildman–Crippen LogP) is 3.51. The molecule has 1 heterocycles. The van der Waals surface area contributed by atoms with Crippen molar-refractivity contribution in [2.24, 2.45) is 5.73 Å². The number of nitrogens with two attached hydrogens (primary N) is 1. The van der Waals surface area contributed by atoms with Gasteiger partial charge >= 0.3 is 0 Å². The van der Waals surface area contributed by atoms with E-state index < -0.39 is 0 Å². The molecular formula is C15H18N2O. The van der Waals surface area contributed by atoms with Crippen molar-refractivity contribution in [2.75, 3.05) is 0 Å². The largest absolute Gasteiger partial charge is 0.439 e. The van der Waals surface area contributed by atoms with Crippen LogP contribution < -0.4 is 10.5 Å². The third-order valence-electron chi connectivity index (χ3n) is 2.83. The van der Waals surface area contributed by atoms with Crippen molar-refractivity contribution in [3.8, 4) is 11.6 Å². The Morgan fingerprint density at radius 2 is 1.94 bits per heavy atom. The number of aryl methyl sites for hydroxylation is 2. The Balaban J connectivity index is 2.25. The standard InChI is InChI=1S/C15H18N2O/c1-10-4-5-14(11(2)8-10)18-15-9-13(12(3)16)6-7-17-15/h4-9,12H,16H2,1-3H3. The van der Waals surface area contributed by atoms with Crippen molar-refractivity contribution in [1.82, 2.24) is 4.98 Å². The molecule has 2 N–H and O–H groups in total. The SMILES string of the molecule is Cc1ccc(Oc2cc(C(C)N)ccn2)c(C)c1. The van der Waals surface area contributed by atoms with Crippen LogP contribution in [0.15, 0.2) is 36.5 Å². The highest BCUT2D eigenvalue weighted by molar-refractivity contribution is 5.38. The molecular weight excluding hydrogens is 224 g/mol. The molecule has 1 aromatic heterocycles. The Labute approximate surface area is 108 Å². The summed E-state index contributed by atoms with van der Waals surface area (Å²) in [4.78, 5) is 4.20. The molecule has 0 saturated heterocycles. The zero-order valence-electron chi connectivity index (χ0n) is 11.0. The van der Waals surface area contributed by atoms with Gasteiger partial charge < -0.3 is 10.5 Å². The van der Waals surface area contributed by atoms with E-state index in [4.69, 9.17) is 10.5 Å². The molecule has 3 heteroatoms. The van der Waals surface area contributed by atoms with E-state index in [2.05, 4.69) is 18.0 Å². The molecule has 0 aliphatic carbocycles. The number of nitrogens with zero attached hydrogens (tertiary/aromatic N) is 1. The van der Waals surface area contributed by atoms with E-state index in [0.29, 0.717) is 5.88 Å². The highest BCUT2D eigenvalue weighted by atomic mass is 16.5. The molecule has 0 spiro atoms. The second-order valence-corrected chi connectivity index (χ2v) is 4.59. The monoisotopic (exact) mass is 242 g/mol. The lowest BCUT2D eigenvalue weighted by molar-refractivity contribution is 0.458. The van der Waals surface area contributed by atoms with Crippen molar-refractivity contribution in [2.45, 2.75) is 26.8 Å². The molecule has 0 aliphatic rings. The van der Waals surface area contributed by atoms with Crippen LogP contribution in [0.1, 0.15) is 29.7 Å². The van der Waals surface area contributed by atoms with E-state index >= 15 is 0 Å². The minimum atomic E-state index is -0.0190. The first kappa shape index (κ1) is 12.6. The normalized spacial score (nSPS) is 12.2. The Morgan fingerprint density at radius 3 is 2.61 bits per heavy atom. The molecule has 0 bridgehead atoms. The lowest BCUT2D eigenvalue weighted by Gasteiger charge is -2.10. The van der Waals surface area contributed by atoms with Crippen LogP contribution in [-0.2, 0) is 0 Å². The summed E-state index contributed by atoms with van der Waals surface area (Å²) in [6, 6.07) is 9.84. The van der Waals surface area contributed by atoms with Gasteiger partial charge in [-0.25, -0.2) is 4.98 Å². The fraction of sp³-hybridized carbons (Fsp3) is 0.267. The second kappa shape index (κ2) is 5.19. The van der Waals surface area contributed by atoms with Crippen LogP contribution in [0, 0.1) is 13.8 Å². The maximum Gasteiger partial charge on any atom is 0.219 e. The Kier molecular flexibility index (Phi) is 3.63. The van der Waals surface area contributed by atoms with Crippen molar-refractivity contribution in [3.05, 3.63) is 53.2 Å². The van der Waals surface area contributed by atoms with Crippen molar-refractivity contribution < 1.29 is 4.74 Å². The molecule has 94 valence electrons. The van der Waals surface area contributed by atoms with E-state index in [-0.39, 0.29) is 6.04 Å². The summed E-state index contributed by atoms with van der Waals surface area (Å²) in [5.41, 5.74) is 9.18. The van der Waals surface area contributed by atoms with Crippen LogP contribution in [0.25, 0.3) is 0 Å². The molecule has 0 amide bonds. The molecule has 1 atom stereocenters. The third-order valence-corrected chi connectivity index (χ3v) is 2.83. The number of pyridine rings is 1. The molecule has 2 aromatic rings. The van der Waals surface area contributed by atoms with Crippen LogP contribution >= 0.6 is 0 Å². The second-order valence-electron chi connectivity index (χ2n) is 4.59. The molecule has 0 saturated carbocycles. The van der Waals surface area contributed by atoms with Gasteiger partial charge in [0.1, 0.15) is 5.75 Å². The van der Waals surface area contributed by atoms with Gasteiger partial charge in [-0.1, -0.05) is 17.7 Å². The molecule has 0 fully saturated rings. The number of benzene rings is 1. The van der Waals surface area contributed by atoms with Crippen LogP contribution in [0.4, 0.5) is 0 Å². The Bertz CT molecular complexity index is 550. The van der Waals surface area contributed by atoms with E-state index in [1.165, 1.54) is 5.56 Å². The quantitative estimate of drug-likeness (QED) is 0.896. The fourth-order valence-electron chi connectivity index (χ4n) is 1.79. The van der Waals surface area contributed by atoms with Crippen LogP contribution in [0.5, 0.6) is 11.6 Å². The minimum absolute atomic E-state index is 0.0190. The topological polar surface area (TPSA) is 48.1 Å². The number of rotatable bonds is 3. The highest BCUT2D eigenvalue weighted by Gasteiger charge is 2.05. The average Bonchev–Trinajstić information content (AvgIpc) is 2.33. The van der Waals surface area contributed by atoms with Crippen molar-refractivity contribution >= 4 is 0 Å². The first-order valence-corrected chi connectivity index (χ1v) is 6.03. The summed E-state index contributed by atoms with van der Waals surface area (Å²) in [6.07, 6.45) is 1.72. The van der Waals surface area contributed by atoms with E-state index in [0.717, 1.165) is 16.9 Å². The number of hydrogen-bond acceptors (Lipinski definition) is 3. The van der Waals surface area contributed by atoms with Crippen LogP contribution in [0.3, 0.4) is 0 Å². The summed E-state index contributed by atoms with van der Waals surface area (Å²) >= 11 is 0. The minimum Gasteiger partial charge on any atom is -0.439 e. The number of ether oxygens (including phenoxy) is 1. The van der Waals surface area contributed by atoms with Gasteiger partial charge in [-0.3, -0.25) is 0 Å². The summed E-state index contributed by atoms with van der Waals surface area (Å²) in [5.74, 6) is 1.41. The van der Waals surface area contributed by atoms with E-state index in [1.54, 1.807) is 6.20 Å². The number of hydrogen-bond donors (Lipinski definition) is 1. The average molecular weight is 242 g/mol. The van der Waals surface area contributed by atoms with Gasteiger partial charge in [0.15, 0.2) is 0 Å². The third kappa shape index (κ3) is 2.87. The first-order chi connectivity index (χ1) is 8.56. The predicted molar refractivity (Wildman–Crippen MR) is 72.8 cm³/mol. The van der Waals surface area contributed by atoms with Gasteiger partial charge in [0, 0.05) is 18.3 Å². The maximum atomic E-state index is 5.84. The zero-order chi connectivity index (χ0) is 13.1.